The van der Waals surface area contributed by atoms with Crippen molar-refractivity contribution in [3.63, 3.8) is 0 Å². The number of ether oxygens (including phenoxy) is 2. The Bertz CT molecular complexity index is 467. The molecule has 2 rings (SSSR count). The third kappa shape index (κ3) is 3.79. The Balaban J connectivity index is 1.84. The summed E-state index contributed by atoms with van der Waals surface area (Å²) in [5, 5.41) is 5.34. The van der Waals surface area contributed by atoms with Gasteiger partial charge in [0.2, 0.25) is 0 Å². The van der Waals surface area contributed by atoms with Gasteiger partial charge in [0.25, 0.3) is 11.8 Å². The zero-order valence-corrected chi connectivity index (χ0v) is 11.3. The van der Waals surface area contributed by atoms with Gasteiger partial charge in [0.05, 0.1) is 19.8 Å². The summed E-state index contributed by atoms with van der Waals surface area (Å²) in [5.74, 6) is -0.312. The van der Waals surface area contributed by atoms with Crippen molar-refractivity contribution < 1.29 is 19.1 Å². The lowest BCUT2D eigenvalue weighted by Crippen LogP contribution is -2.42. The van der Waals surface area contributed by atoms with Crippen LogP contribution < -0.4 is 10.6 Å². The van der Waals surface area contributed by atoms with Crippen LogP contribution in [0.2, 0.25) is 0 Å². The number of hydrogen-bond donors (Lipinski definition) is 2. The fraction of sp³-hybridized carbons (Fsp3) is 0.429. The number of carbonyl (C=O) groups is 2. The van der Waals surface area contributed by atoms with Gasteiger partial charge in [0, 0.05) is 19.2 Å². The van der Waals surface area contributed by atoms with Gasteiger partial charge in [0.15, 0.2) is 6.10 Å². The Hall–Kier alpha value is -1.92. The van der Waals surface area contributed by atoms with Crippen LogP contribution in [0.15, 0.2) is 24.3 Å². The zero-order valence-electron chi connectivity index (χ0n) is 11.3. The minimum Gasteiger partial charge on any atom is -0.376 e. The van der Waals surface area contributed by atoms with Crippen molar-refractivity contribution in [3.8, 4) is 0 Å². The van der Waals surface area contributed by atoms with Crippen LogP contribution in [-0.4, -0.2) is 44.8 Å². The van der Waals surface area contributed by atoms with Crippen molar-refractivity contribution in [1.82, 2.24) is 10.6 Å². The summed E-state index contributed by atoms with van der Waals surface area (Å²) in [5.41, 5.74) is 1.51. The van der Waals surface area contributed by atoms with Crippen LogP contribution in [0.1, 0.15) is 15.9 Å². The molecule has 6 heteroatoms. The molecule has 0 aliphatic carbocycles. The second-order valence-corrected chi connectivity index (χ2v) is 4.43. The van der Waals surface area contributed by atoms with E-state index >= 15 is 0 Å². The molecule has 20 heavy (non-hydrogen) atoms. The van der Waals surface area contributed by atoms with Crippen molar-refractivity contribution in [2.75, 3.05) is 26.9 Å². The van der Waals surface area contributed by atoms with E-state index in [1.165, 1.54) is 0 Å². The van der Waals surface area contributed by atoms with Crippen LogP contribution in [-0.2, 0) is 20.8 Å². The molecule has 2 N–H and O–H groups in total. The van der Waals surface area contributed by atoms with Crippen molar-refractivity contribution in [1.29, 1.82) is 0 Å². The highest BCUT2D eigenvalue weighted by atomic mass is 16.6. The van der Waals surface area contributed by atoms with Gasteiger partial charge in [0.1, 0.15) is 0 Å². The molecule has 0 aromatic heterocycles. The highest BCUT2D eigenvalue weighted by molar-refractivity contribution is 5.93. The van der Waals surface area contributed by atoms with E-state index in [1.807, 2.05) is 12.1 Å². The van der Waals surface area contributed by atoms with Crippen LogP contribution >= 0.6 is 0 Å². The van der Waals surface area contributed by atoms with Crippen LogP contribution in [0.5, 0.6) is 0 Å². The lowest BCUT2D eigenvalue weighted by molar-refractivity contribution is -0.147. The van der Waals surface area contributed by atoms with Gasteiger partial charge < -0.3 is 20.1 Å². The lowest BCUT2D eigenvalue weighted by Gasteiger charge is -2.22. The first-order chi connectivity index (χ1) is 9.70. The van der Waals surface area contributed by atoms with E-state index in [1.54, 1.807) is 19.2 Å². The Labute approximate surface area is 117 Å². The summed E-state index contributed by atoms with van der Waals surface area (Å²) in [6.07, 6.45) is -0.533. The van der Waals surface area contributed by atoms with E-state index in [2.05, 4.69) is 10.6 Å². The number of hydrogen-bond acceptors (Lipinski definition) is 4. The molecule has 1 heterocycles. The average Bonchev–Trinajstić information content (AvgIpc) is 2.53. The predicted molar refractivity (Wildman–Crippen MR) is 72.2 cm³/mol. The molecule has 1 aliphatic heterocycles. The molecule has 2 amide bonds. The maximum absolute atomic E-state index is 11.8. The van der Waals surface area contributed by atoms with Gasteiger partial charge in [-0.15, -0.1) is 0 Å². The molecule has 1 fully saturated rings. The van der Waals surface area contributed by atoms with Crippen LogP contribution in [0.4, 0.5) is 0 Å². The van der Waals surface area contributed by atoms with Crippen LogP contribution in [0.25, 0.3) is 0 Å². The summed E-state index contributed by atoms with van der Waals surface area (Å²) in [6.45, 7) is 1.66. The Morgan fingerprint density at radius 2 is 2.00 bits per heavy atom. The third-order valence-corrected chi connectivity index (χ3v) is 3.02. The number of carbonyl (C=O) groups excluding carboxylic acids is 2. The van der Waals surface area contributed by atoms with Gasteiger partial charge in [-0.3, -0.25) is 9.59 Å². The van der Waals surface area contributed by atoms with E-state index in [9.17, 15) is 9.59 Å². The minimum absolute atomic E-state index is 0.131. The van der Waals surface area contributed by atoms with E-state index in [0.29, 0.717) is 31.9 Å². The fourth-order valence-electron chi connectivity index (χ4n) is 1.86. The van der Waals surface area contributed by atoms with Gasteiger partial charge in [-0.25, -0.2) is 0 Å². The van der Waals surface area contributed by atoms with Crippen LogP contribution in [0.3, 0.4) is 0 Å². The van der Waals surface area contributed by atoms with E-state index in [-0.39, 0.29) is 11.8 Å². The highest BCUT2D eigenvalue weighted by Crippen LogP contribution is 2.05. The molecule has 0 saturated carbocycles. The van der Waals surface area contributed by atoms with Gasteiger partial charge in [-0.1, -0.05) is 12.1 Å². The largest absolute Gasteiger partial charge is 0.376 e. The first kappa shape index (κ1) is 14.5. The van der Waals surface area contributed by atoms with E-state index < -0.39 is 6.10 Å². The maximum Gasteiger partial charge on any atom is 0.251 e. The number of benzene rings is 1. The number of amides is 2. The second-order valence-electron chi connectivity index (χ2n) is 4.43. The van der Waals surface area contributed by atoms with Crippen molar-refractivity contribution in [2.24, 2.45) is 0 Å². The molecule has 1 atom stereocenters. The highest BCUT2D eigenvalue weighted by Gasteiger charge is 2.22. The molecule has 108 valence electrons. The molecular weight excluding hydrogens is 260 g/mol. The summed E-state index contributed by atoms with van der Waals surface area (Å²) < 4.78 is 10.5. The molecule has 1 aromatic rings. The molecular formula is C14H18N2O4. The second kappa shape index (κ2) is 7.02. The normalized spacial score (nSPS) is 18.4. The van der Waals surface area contributed by atoms with Gasteiger partial charge in [-0.05, 0) is 17.7 Å². The smallest absolute Gasteiger partial charge is 0.251 e. The monoisotopic (exact) mass is 278 g/mol. The van der Waals surface area contributed by atoms with Crippen molar-refractivity contribution >= 4 is 11.8 Å². The Morgan fingerprint density at radius 1 is 1.25 bits per heavy atom. The lowest BCUT2D eigenvalue weighted by atomic mass is 10.1. The first-order valence-electron chi connectivity index (χ1n) is 6.49. The predicted octanol–water partition coefficient (Wildman–Crippen LogP) is 0.0778. The fourth-order valence-corrected chi connectivity index (χ4v) is 1.86. The topological polar surface area (TPSA) is 76.7 Å². The molecule has 0 bridgehead atoms. The quantitative estimate of drug-likeness (QED) is 0.817. The maximum atomic E-state index is 11.8. The Kier molecular flexibility index (Phi) is 5.09. The van der Waals surface area contributed by atoms with Crippen LogP contribution in [0, 0.1) is 0 Å². The molecule has 0 radical (unpaired) electrons. The molecule has 1 aliphatic rings. The summed E-state index contributed by atoms with van der Waals surface area (Å²) in [7, 11) is 1.59. The Morgan fingerprint density at radius 3 is 2.60 bits per heavy atom. The van der Waals surface area contributed by atoms with E-state index in [4.69, 9.17) is 9.47 Å². The minimum atomic E-state index is -0.533. The molecule has 1 aromatic carbocycles. The molecule has 0 spiro atoms. The molecule has 1 saturated heterocycles. The zero-order chi connectivity index (χ0) is 14.4. The summed E-state index contributed by atoms with van der Waals surface area (Å²) in [6, 6.07) is 7.06. The SMILES string of the molecule is CNC(=O)c1ccc(CNC(=O)C2COCCO2)cc1. The standard InChI is InChI=1S/C14H18N2O4/c1-15-13(17)11-4-2-10(3-5-11)8-16-14(18)12-9-19-6-7-20-12/h2-5,12H,6-9H2,1H3,(H,15,17)(H,16,18). The molecule has 6 nitrogen and oxygen atoms in total. The first-order valence-corrected chi connectivity index (χ1v) is 6.49. The number of rotatable bonds is 4. The van der Waals surface area contributed by atoms with Crippen molar-refractivity contribution in [3.05, 3.63) is 35.4 Å². The summed E-state index contributed by atoms with van der Waals surface area (Å²) in [4.78, 5) is 23.2. The number of nitrogens with one attached hydrogen (secondary N) is 2. The van der Waals surface area contributed by atoms with E-state index in [0.717, 1.165) is 5.56 Å². The average molecular weight is 278 g/mol. The molecule has 1 unspecified atom stereocenters. The van der Waals surface area contributed by atoms with Crippen molar-refractivity contribution in [2.45, 2.75) is 12.6 Å². The summed E-state index contributed by atoms with van der Waals surface area (Å²) >= 11 is 0. The van der Waals surface area contributed by atoms with Gasteiger partial charge in [-0.2, -0.15) is 0 Å². The third-order valence-electron chi connectivity index (χ3n) is 3.02. The van der Waals surface area contributed by atoms with Gasteiger partial charge >= 0.3 is 0 Å².